The van der Waals surface area contributed by atoms with Gasteiger partial charge in [-0.1, -0.05) is 6.92 Å². The van der Waals surface area contributed by atoms with Gasteiger partial charge < -0.3 is 4.90 Å². The van der Waals surface area contributed by atoms with Gasteiger partial charge in [0.25, 0.3) is 0 Å². The van der Waals surface area contributed by atoms with Crippen LogP contribution in [-0.4, -0.2) is 29.7 Å². The Hall–Kier alpha value is -0.860. The summed E-state index contributed by atoms with van der Waals surface area (Å²) < 4.78 is 0. The number of Topliss-reactive ketones (excluding diaryl/α,β-unsaturated/α-hetero) is 1. The molecule has 0 bridgehead atoms. The van der Waals surface area contributed by atoms with Crippen LogP contribution in [0.15, 0.2) is 0 Å². The monoisotopic (exact) mass is 209 g/mol. The standard InChI is InChI=1S/C12H19NO2/c1-2-11(14)9-5-7-13(8-6-9)12(15)10-3-4-10/h9-10H,2-8H2,1H3. The van der Waals surface area contributed by atoms with Crippen LogP contribution in [0, 0.1) is 11.8 Å². The zero-order valence-corrected chi connectivity index (χ0v) is 9.37. The molecule has 0 radical (unpaired) electrons. The van der Waals surface area contributed by atoms with Crippen LogP contribution < -0.4 is 0 Å². The van der Waals surface area contributed by atoms with E-state index >= 15 is 0 Å². The number of nitrogens with zero attached hydrogens (tertiary/aromatic N) is 1. The van der Waals surface area contributed by atoms with Crippen molar-refractivity contribution < 1.29 is 9.59 Å². The van der Waals surface area contributed by atoms with Crippen molar-refractivity contribution in [2.24, 2.45) is 11.8 Å². The maximum atomic E-state index is 11.7. The van der Waals surface area contributed by atoms with Crippen LogP contribution in [0.25, 0.3) is 0 Å². The molecule has 0 atom stereocenters. The highest BCUT2D eigenvalue weighted by Gasteiger charge is 2.35. The zero-order chi connectivity index (χ0) is 10.8. The molecule has 0 aromatic carbocycles. The predicted octanol–water partition coefficient (Wildman–Crippen LogP) is 1.61. The third-order valence-electron chi connectivity index (χ3n) is 3.54. The van der Waals surface area contributed by atoms with Gasteiger partial charge in [0.1, 0.15) is 5.78 Å². The minimum Gasteiger partial charge on any atom is -0.342 e. The molecule has 84 valence electrons. The molecule has 0 aromatic rings. The molecule has 2 aliphatic rings. The van der Waals surface area contributed by atoms with Crippen molar-refractivity contribution in [1.29, 1.82) is 0 Å². The molecule has 3 nitrogen and oxygen atoms in total. The Morgan fingerprint density at radius 3 is 2.13 bits per heavy atom. The van der Waals surface area contributed by atoms with Crippen LogP contribution in [0.1, 0.15) is 39.0 Å². The first-order chi connectivity index (χ1) is 7.22. The normalized spacial score (nSPS) is 22.9. The molecule has 2 rings (SSSR count). The molecule has 3 heteroatoms. The summed E-state index contributed by atoms with van der Waals surface area (Å²) in [5.41, 5.74) is 0. The van der Waals surface area contributed by atoms with Gasteiger partial charge in [0.2, 0.25) is 5.91 Å². The molecule has 1 aliphatic heterocycles. The number of carbonyl (C=O) groups is 2. The summed E-state index contributed by atoms with van der Waals surface area (Å²) in [5, 5.41) is 0. The molecule has 1 saturated carbocycles. The average Bonchev–Trinajstić information content (AvgIpc) is 3.11. The van der Waals surface area contributed by atoms with E-state index in [9.17, 15) is 9.59 Å². The van der Waals surface area contributed by atoms with Gasteiger partial charge in [-0.2, -0.15) is 0 Å². The first-order valence-electron chi connectivity index (χ1n) is 6.04. The number of amides is 1. The van der Waals surface area contributed by atoms with E-state index in [2.05, 4.69) is 0 Å². The summed E-state index contributed by atoms with van der Waals surface area (Å²) in [6.45, 7) is 3.52. The maximum absolute atomic E-state index is 11.7. The molecule has 2 fully saturated rings. The lowest BCUT2D eigenvalue weighted by Gasteiger charge is -2.31. The van der Waals surface area contributed by atoms with Crippen LogP contribution in [0.2, 0.25) is 0 Å². The van der Waals surface area contributed by atoms with Gasteiger partial charge in [0.05, 0.1) is 0 Å². The minimum absolute atomic E-state index is 0.221. The van der Waals surface area contributed by atoms with E-state index in [0.717, 1.165) is 38.8 Å². The second-order valence-electron chi connectivity index (χ2n) is 4.69. The van der Waals surface area contributed by atoms with Crippen molar-refractivity contribution in [3.63, 3.8) is 0 Å². The highest BCUT2D eigenvalue weighted by Crippen LogP contribution is 2.32. The number of rotatable bonds is 3. The molecule has 0 aromatic heterocycles. The van der Waals surface area contributed by atoms with Crippen molar-refractivity contribution in [2.75, 3.05) is 13.1 Å². The fraction of sp³-hybridized carbons (Fsp3) is 0.833. The van der Waals surface area contributed by atoms with E-state index in [1.807, 2.05) is 11.8 Å². The lowest BCUT2D eigenvalue weighted by Crippen LogP contribution is -2.40. The van der Waals surface area contributed by atoms with Crippen molar-refractivity contribution in [2.45, 2.75) is 39.0 Å². The van der Waals surface area contributed by atoms with E-state index in [4.69, 9.17) is 0 Å². The molecule has 1 heterocycles. The van der Waals surface area contributed by atoms with Gasteiger partial charge in [-0.3, -0.25) is 9.59 Å². The van der Waals surface area contributed by atoms with Gasteiger partial charge in [-0.15, -0.1) is 0 Å². The fourth-order valence-corrected chi connectivity index (χ4v) is 2.30. The molecule has 1 amide bonds. The van der Waals surface area contributed by atoms with Gasteiger partial charge in [-0.05, 0) is 25.7 Å². The molecular formula is C12H19NO2. The molecule has 0 unspecified atom stereocenters. The van der Waals surface area contributed by atoms with E-state index < -0.39 is 0 Å². The van der Waals surface area contributed by atoms with E-state index in [1.165, 1.54) is 0 Å². The van der Waals surface area contributed by atoms with Gasteiger partial charge in [0, 0.05) is 31.3 Å². The SMILES string of the molecule is CCC(=O)C1CCN(C(=O)C2CC2)CC1. The highest BCUT2D eigenvalue weighted by atomic mass is 16.2. The quantitative estimate of drug-likeness (QED) is 0.708. The highest BCUT2D eigenvalue weighted by molar-refractivity contribution is 5.83. The van der Waals surface area contributed by atoms with Crippen molar-refractivity contribution in [3.8, 4) is 0 Å². The summed E-state index contributed by atoms with van der Waals surface area (Å²) in [5.74, 6) is 1.24. The Balaban J connectivity index is 1.81. The Bertz CT molecular complexity index is 263. The molecule has 0 spiro atoms. The van der Waals surface area contributed by atoms with Gasteiger partial charge >= 0.3 is 0 Å². The number of hydrogen-bond acceptors (Lipinski definition) is 2. The third kappa shape index (κ3) is 2.39. The van der Waals surface area contributed by atoms with E-state index in [-0.39, 0.29) is 5.92 Å². The molecule has 15 heavy (non-hydrogen) atoms. The molecule has 0 N–H and O–H groups in total. The largest absolute Gasteiger partial charge is 0.342 e. The second kappa shape index (κ2) is 4.33. The maximum Gasteiger partial charge on any atom is 0.225 e. The van der Waals surface area contributed by atoms with E-state index in [0.29, 0.717) is 24.0 Å². The Morgan fingerprint density at radius 1 is 1.07 bits per heavy atom. The van der Waals surface area contributed by atoms with E-state index in [1.54, 1.807) is 0 Å². The van der Waals surface area contributed by atoms with Gasteiger partial charge in [-0.25, -0.2) is 0 Å². The first kappa shape index (κ1) is 10.7. The summed E-state index contributed by atoms with van der Waals surface area (Å²) >= 11 is 0. The topological polar surface area (TPSA) is 37.4 Å². The predicted molar refractivity (Wildman–Crippen MR) is 57.3 cm³/mol. The smallest absolute Gasteiger partial charge is 0.225 e. The van der Waals surface area contributed by atoms with Crippen LogP contribution in [0.4, 0.5) is 0 Å². The first-order valence-corrected chi connectivity index (χ1v) is 6.04. The third-order valence-corrected chi connectivity index (χ3v) is 3.54. The lowest BCUT2D eigenvalue weighted by atomic mass is 9.91. The molecule has 1 saturated heterocycles. The lowest BCUT2D eigenvalue weighted by molar-refractivity contribution is -0.136. The number of carbonyl (C=O) groups excluding carboxylic acids is 2. The number of likely N-dealkylation sites (tertiary alicyclic amines) is 1. The van der Waals surface area contributed by atoms with Crippen LogP contribution >= 0.6 is 0 Å². The zero-order valence-electron chi connectivity index (χ0n) is 9.37. The minimum atomic E-state index is 0.221. The van der Waals surface area contributed by atoms with Gasteiger partial charge in [0.15, 0.2) is 0 Å². The Kier molecular flexibility index (Phi) is 3.08. The summed E-state index contributed by atoms with van der Waals surface area (Å²) in [6, 6.07) is 0. The van der Waals surface area contributed by atoms with Crippen LogP contribution in [0.5, 0.6) is 0 Å². The Labute approximate surface area is 90.8 Å². The van der Waals surface area contributed by atoms with Crippen LogP contribution in [0.3, 0.4) is 0 Å². The molecule has 1 aliphatic carbocycles. The summed E-state index contributed by atoms with van der Waals surface area (Å²) in [4.78, 5) is 25.2. The number of hydrogen-bond donors (Lipinski definition) is 0. The number of ketones is 1. The summed E-state index contributed by atoms with van der Waals surface area (Å²) in [7, 11) is 0. The Morgan fingerprint density at radius 2 is 1.67 bits per heavy atom. The van der Waals surface area contributed by atoms with Crippen LogP contribution in [-0.2, 0) is 9.59 Å². The number of piperidine rings is 1. The second-order valence-corrected chi connectivity index (χ2v) is 4.69. The van der Waals surface area contributed by atoms with Crippen molar-refractivity contribution in [3.05, 3.63) is 0 Å². The van der Waals surface area contributed by atoms with Crippen molar-refractivity contribution in [1.82, 2.24) is 4.90 Å². The fourth-order valence-electron chi connectivity index (χ4n) is 2.30. The average molecular weight is 209 g/mol. The van der Waals surface area contributed by atoms with Crippen molar-refractivity contribution >= 4 is 11.7 Å². The summed E-state index contributed by atoms with van der Waals surface area (Å²) in [6.07, 6.45) is 4.55. The molecular weight excluding hydrogens is 190 g/mol.